The number of hydrogen-bond acceptors (Lipinski definition) is 5. The summed E-state index contributed by atoms with van der Waals surface area (Å²) in [4.78, 5) is 47.0. The monoisotopic (exact) mass is 584 g/mol. The summed E-state index contributed by atoms with van der Waals surface area (Å²) >= 11 is 6.55. The van der Waals surface area contributed by atoms with E-state index in [-0.39, 0.29) is 11.1 Å². The molecule has 1 aliphatic carbocycles. The summed E-state index contributed by atoms with van der Waals surface area (Å²) in [6, 6.07) is 10.3. The van der Waals surface area contributed by atoms with Crippen LogP contribution in [0.25, 0.3) is 27.9 Å². The van der Waals surface area contributed by atoms with Gasteiger partial charge in [0.15, 0.2) is 0 Å². The summed E-state index contributed by atoms with van der Waals surface area (Å²) in [5.74, 6) is 1.07. The van der Waals surface area contributed by atoms with Crippen LogP contribution in [-0.2, 0) is 0 Å². The molecule has 2 N–H and O–H groups in total. The van der Waals surface area contributed by atoms with Crippen LogP contribution >= 0.6 is 11.6 Å². The van der Waals surface area contributed by atoms with Crippen LogP contribution in [0, 0.1) is 5.92 Å². The molecule has 1 saturated carbocycles. The van der Waals surface area contributed by atoms with Gasteiger partial charge in [-0.2, -0.15) is 0 Å². The lowest BCUT2D eigenvalue weighted by molar-refractivity contribution is 0.349. The number of nitrogens with one attached hydrogen (secondary N) is 2. The highest BCUT2D eigenvalue weighted by molar-refractivity contribution is 6.31. The van der Waals surface area contributed by atoms with E-state index in [9.17, 15) is 14.4 Å². The van der Waals surface area contributed by atoms with Crippen LogP contribution in [0.1, 0.15) is 46.0 Å². The predicted molar refractivity (Wildman–Crippen MR) is 167 cm³/mol. The molecule has 0 saturated heterocycles. The Kier molecular flexibility index (Phi) is 9.03. The van der Waals surface area contributed by atoms with Crippen molar-refractivity contribution >= 4 is 11.6 Å². The third-order valence-corrected chi connectivity index (χ3v) is 7.89. The molecule has 3 aromatic heterocycles. The van der Waals surface area contributed by atoms with Crippen molar-refractivity contribution in [2.24, 2.45) is 5.92 Å². The summed E-state index contributed by atoms with van der Waals surface area (Å²) in [5.41, 5.74) is 2.76. The van der Waals surface area contributed by atoms with E-state index >= 15 is 0 Å². The smallest absolute Gasteiger partial charge is 0.325 e. The number of halogens is 1. The molecule has 9 heteroatoms. The summed E-state index contributed by atoms with van der Waals surface area (Å²) in [7, 11) is 0. The number of pyridine rings is 2. The molecule has 1 fully saturated rings. The average Bonchev–Trinajstić information content (AvgIpc) is 3.00. The zero-order chi connectivity index (χ0) is 29.6. The number of benzene rings is 1. The number of nitrogens with zero attached hydrogens (tertiary/aromatic N) is 2. The van der Waals surface area contributed by atoms with Crippen molar-refractivity contribution in [3.63, 3.8) is 0 Å². The summed E-state index contributed by atoms with van der Waals surface area (Å²) in [6.45, 7) is 4.49. The van der Waals surface area contributed by atoms with E-state index in [4.69, 9.17) is 16.3 Å². The van der Waals surface area contributed by atoms with Crippen molar-refractivity contribution in [2.45, 2.75) is 46.0 Å². The van der Waals surface area contributed by atoms with Crippen LogP contribution in [0.2, 0.25) is 5.02 Å². The maximum Gasteiger partial charge on any atom is 0.325 e. The lowest BCUT2D eigenvalue weighted by atomic mass is 9.87. The van der Waals surface area contributed by atoms with E-state index in [0.717, 1.165) is 5.57 Å². The summed E-state index contributed by atoms with van der Waals surface area (Å²) in [6.07, 6.45) is 16.7. The number of hydrogen-bond donors (Lipinski definition) is 2. The van der Waals surface area contributed by atoms with Crippen molar-refractivity contribution < 1.29 is 4.74 Å². The first-order valence-electron chi connectivity index (χ1n) is 14.1. The molecule has 1 aromatic carbocycles. The van der Waals surface area contributed by atoms with Gasteiger partial charge in [-0.15, -0.1) is 0 Å². The zero-order valence-corrected chi connectivity index (χ0v) is 24.4. The highest BCUT2D eigenvalue weighted by Gasteiger charge is 2.17. The van der Waals surface area contributed by atoms with Gasteiger partial charge in [0.05, 0.1) is 17.4 Å². The van der Waals surface area contributed by atoms with Gasteiger partial charge in [0.25, 0.3) is 11.1 Å². The summed E-state index contributed by atoms with van der Waals surface area (Å²) in [5, 5.41) is 0.405. The molecule has 0 bridgehead atoms. The van der Waals surface area contributed by atoms with Gasteiger partial charge in [-0.3, -0.25) is 24.1 Å². The summed E-state index contributed by atoms with van der Waals surface area (Å²) < 4.78 is 7.69. The number of aromatic nitrogens is 4. The van der Waals surface area contributed by atoms with Gasteiger partial charge in [0.1, 0.15) is 12.4 Å². The highest BCUT2D eigenvalue weighted by atomic mass is 35.5. The Morgan fingerprint density at radius 3 is 2.62 bits per heavy atom. The molecular weight excluding hydrogens is 552 g/mol. The molecule has 3 heterocycles. The lowest BCUT2D eigenvalue weighted by Crippen LogP contribution is -2.24. The minimum atomic E-state index is -0.619. The van der Waals surface area contributed by atoms with E-state index in [2.05, 4.69) is 34.0 Å². The van der Waals surface area contributed by atoms with E-state index in [1.807, 2.05) is 6.92 Å². The fourth-order valence-electron chi connectivity index (χ4n) is 5.28. The molecule has 0 spiro atoms. The van der Waals surface area contributed by atoms with Crippen molar-refractivity contribution in [2.75, 3.05) is 6.61 Å². The molecule has 42 heavy (non-hydrogen) atoms. The first kappa shape index (κ1) is 29.1. The minimum Gasteiger partial charge on any atom is -0.489 e. The van der Waals surface area contributed by atoms with Crippen molar-refractivity contribution in [3.05, 3.63) is 121 Å². The van der Waals surface area contributed by atoms with Gasteiger partial charge in [0, 0.05) is 34.7 Å². The van der Waals surface area contributed by atoms with Crippen molar-refractivity contribution in [1.82, 2.24) is 19.5 Å². The van der Waals surface area contributed by atoms with E-state index in [1.54, 1.807) is 55.0 Å². The third-order valence-electron chi connectivity index (χ3n) is 7.67. The van der Waals surface area contributed by atoms with Crippen molar-refractivity contribution in [1.29, 1.82) is 0 Å². The molecule has 1 aliphatic rings. The molecule has 5 rings (SSSR count). The normalized spacial score (nSPS) is 14.6. The molecule has 216 valence electrons. The molecule has 0 radical (unpaired) electrons. The molecule has 0 aliphatic heterocycles. The average molecular weight is 585 g/mol. The predicted octanol–water partition coefficient (Wildman–Crippen LogP) is 6.45. The van der Waals surface area contributed by atoms with Gasteiger partial charge >= 0.3 is 5.69 Å². The second-order valence-corrected chi connectivity index (χ2v) is 11.0. The van der Waals surface area contributed by atoms with Gasteiger partial charge in [-0.1, -0.05) is 43.0 Å². The third kappa shape index (κ3) is 6.71. The lowest BCUT2D eigenvalue weighted by Gasteiger charge is -2.20. The van der Waals surface area contributed by atoms with Crippen LogP contribution < -0.4 is 21.5 Å². The second kappa shape index (κ2) is 13.0. The first-order chi connectivity index (χ1) is 20.3. The molecule has 0 unspecified atom stereocenters. The van der Waals surface area contributed by atoms with E-state index < -0.39 is 11.2 Å². The van der Waals surface area contributed by atoms with Gasteiger partial charge < -0.3 is 9.72 Å². The SMILES string of the molecule is C/C=C(C)\C(=C/C1CCCCC1)COc1cc(Cl)cc(-c2cc(-c3c[nH]c(=O)[nH]c3=O)cn(-c3cccnc3)c2=O)c1. The Balaban J connectivity index is 1.56. The van der Waals surface area contributed by atoms with E-state index in [1.165, 1.54) is 48.4 Å². The van der Waals surface area contributed by atoms with Crippen LogP contribution in [0.5, 0.6) is 5.75 Å². The van der Waals surface area contributed by atoms with Crippen LogP contribution in [0.15, 0.2) is 98.9 Å². The molecular formula is C33H33ClN4O4. The van der Waals surface area contributed by atoms with Gasteiger partial charge in [-0.05, 0) is 85.7 Å². The fourth-order valence-corrected chi connectivity index (χ4v) is 5.50. The first-order valence-corrected chi connectivity index (χ1v) is 14.5. The minimum absolute atomic E-state index is 0.200. The second-order valence-electron chi connectivity index (χ2n) is 10.5. The number of rotatable bonds is 8. The van der Waals surface area contributed by atoms with E-state index in [0.29, 0.717) is 45.7 Å². The maximum absolute atomic E-state index is 13.8. The Bertz CT molecular complexity index is 1810. The molecule has 4 aromatic rings. The molecule has 0 amide bonds. The number of allylic oxidation sites excluding steroid dienone is 2. The Morgan fingerprint density at radius 2 is 1.90 bits per heavy atom. The Morgan fingerprint density at radius 1 is 1.10 bits per heavy atom. The quantitative estimate of drug-likeness (QED) is 0.231. The standard InChI is InChI=1S/C33H33ClN4O4/c1-3-21(2)25(12-22-8-5-4-6-9-22)20-42-28-14-23(13-26(34)16-28)29-15-24(30-18-36-33(41)37-31(30)39)19-38(32(29)40)27-10-7-11-35-17-27/h3,7,10-19,22H,4-6,8-9,20H2,1-2H3,(H2,36,37,39,41)/b21-3-,25-12-. The largest absolute Gasteiger partial charge is 0.489 e. The van der Waals surface area contributed by atoms with Crippen LogP contribution in [0.4, 0.5) is 0 Å². The van der Waals surface area contributed by atoms with Crippen molar-refractivity contribution in [3.8, 4) is 33.7 Å². The zero-order valence-electron chi connectivity index (χ0n) is 23.7. The topological polar surface area (TPSA) is 110 Å². The number of H-pyrrole nitrogens is 2. The van der Waals surface area contributed by atoms with Gasteiger partial charge in [-0.25, -0.2) is 4.79 Å². The van der Waals surface area contributed by atoms with Crippen LogP contribution in [0.3, 0.4) is 0 Å². The van der Waals surface area contributed by atoms with Gasteiger partial charge in [0.2, 0.25) is 0 Å². The number of ether oxygens (including phenoxy) is 1. The maximum atomic E-state index is 13.8. The highest BCUT2D eigenvalue weighted by Crippen LogP contribution is 2.31. The van der Waals surface area contributed by atoms with Crippen LogP contribution in [-0.4, -0.2) is 26.1 Å². The molecule has 8 nitrogen and oxygen atoms in total. The number of aromatic amines is 2. The Labute approximate surface area is 248 Å². The Hall–Kier alpha value is -4.43. The molecule has 0 atom stereocenters. The fraction of sp³-hybridized carbons (Fsp3) is 0.273.